The Morgan fingerprint density at radius 2 is 1.97 bits per heavy atom. The number of hydrogen-bond donors (Lipinski definition) is 0. The second kappa shape index (κ2) is 10.4. The smallest absolute Gasteiger partial charge is 0.414 e. The number of amides is 1. The monoisotopic (exact) mass is 528 g/mol. The molecule has 3 aromatic rings. The minimum absolute atomic E-state index is 0.00979. The standard InChI is InChI=1S/C25H25FN4O4S2/c26-24-12-21(6-7-23(24)19-8-10-36(32,33)11-9-19)30-15-22(34-25(30)31)14-29-13-20(27-28-29)17-35-16-18-4-2-1-3-5-18/h1-8,12-13,22H,9-11,14-17H2. The number of cyclic esters (lactones) is 1. The Balaban J connectivity index is 1.17. The Bertz CT molecular complexity index is 1390. The summed E-state index contributed by atoms with van der Waals surface area (Å²) in [6, 6.07) is 14.7. The first-order valence-corrected chi connectivity index (χ1v) is 14.5. The summed E-state index contributed by atoms with van der Waals surface area (Å²) in [5.74, 6) is 1.03. The van der Waals surface area contributed by atoms with Gasteiger partial charge in [0.05, 0.1) is 36.0 Å². The predicted molar refractivity (Wildman–Crippen MR) is 137 cm³/mol. The van der Waals surface area contributed by atoms with Gasteiger partial charge in [-0.3, -0.25) is 4.90 Å². The zero-order chi connectivity index (χ0) is 25.1. The number of rotatable bonds is 8. The number of carbonyl (C=O) groups excluding carboxylic acids is 1. The molecule has 0 spiro atoms. The number of allylic oxidation sites excluding steroid dienone is 1. The summed E-state index contributed by atoms with van der Waals surface area (Å²) in [5.41, 5.74) is 3.52. The highest BCUT2D eigenvalue weighted by Gasteiger charge is 2.33. The minimum Gasteiger partial charge on any atom is -0.442 e. The van der Waals surface area contributed by atoms with Gasteiger partial charge in [-0.05, 0) is 35.8 Å². The largest absolute Gasteiger partial charge is 0.442 e. The van der Waals surface area contributed by atoms with Gasteiger partial charge in [-0.25, -0.2) is 22.3 Å². The highest BCUT2D eigenvalue weighted by Crippen LogP contribution is 2.30. The quantitative estimate of drug-likeness (QED) is 0.435. The molecular formula is C25H25FN4O4S2. The SMILES string of the molecule is O=C1OC(Cn2cc(CSCc3ccccc3)nn2)CN1c1ccc(C2=CCS(=O)(=O)CC2)c(F)c1. The number of nitrogens with zero attached hydrogens (tertiary/aromatic N) is 4. The molecule has 1 saturated heterocycles. The molecule has 2 aromatic carbocycles. The van der Waals surface area contributed by atoms with Crippen molar-refractivity contribution in [1.29, 1.82) is 0 Å². The minimum atomic E-state index is -3.09. The zero-order valence-corrected chi connectivity index (χ0v) is 21.0. The van der Waals surface area contributed by atoms with Gasteiger partial charge in [-0.2, -0.15) is 11.8 Å². The molecule has 2 aliphatic rings. The van der Waals surface area contributed by atoms with Crippen molar-refractivity contribution in [1.82, 2.24) is 15.0 Å². The van der Waals surface area contributed by atoms with Gasteiger partial charge in [0.1, 0.15) is 11.9 Å². The van der Waals surface area contributed by atoms with Crippen LogP contribution in [0.25, 0.3) is 5.57 Å². The molecule has 0 N–H and O–H groups in total. The van der Waals surface area contributed by atoms with Crippen molar-refractivity contribution in [3.05, 3.63) is 83.4 Å². The van der Waals surface area contributed by atoms with E-state index < -0.39 is 27.9 Å². The Kier molecular flexibility index (Phi) is 7.10. The molecule has 2 aliphatic heterocycles. The molecule has 0 saturated carbocycles. The molecule has 0 bridgehead atoms. The van der Waals surface area contributed by atoms with Crippen LogP contribution in [0.15, 0.2) is 60.8 Å². The van der Waals surface area contributed by atoms with Crippen molar-refractivity contribution in [2.75, 3.05) is 23.0 Å². The summed E-state index contributed by atoms with van der Waals surface area (Å²) >= 11 is 1.75. The molecule has 1 fully saturated rings. The Hall–Kier alpha value is -3.18. The van der Waals surface area contributed by atoms with Crippen LogP contribution in [-0.4, -0.2) is 53.7 Å². The molecule has 1 atom stereocenters. The number of halogens is 1. The number of ether oxygens (including phenoxy) is 1. The fourth-order valence-corrected chi connectivity index (χ4v) is 6.26. The van der Waals surface area contributed by atoms with Crippen molar-refractivity contribution >= 4 is 39.0 Å². The summed E-state index contributed by atoms with van der Waals surface area (Å²) in [6.07, 6.45) is 2.69. The van der Waals surface area contributed by atoms with E-state index >= 15 is 0 Å². The second-order valence-corrected chi connectivity index (χ2v) is 12.0. The van der Waals surface area contributed by atoms with E-state index in [2.05, 4.69) is 22.4 Å². The second-order valence-electron chi connectivity index (χ2n) is 8.78. The normalized spacial score (nSPS) is 19.2. The Morgan fingerprint density at radius 1 is 1.14 bits per heavy atom. The fraction of sp³-hybridized carbons (Fsp3) is 0.320. The van der Waals surface area contributed by atoms with Crippen LogP contribution in [0.5, 0.6) is 0 Å². The molecule has 11 heteroatoms. The summed E-state index contributed by atoms with van der Waals surface area (Å²) in [4.78, 5) is 13.9. The predicted octanol–water partition coefficient (Wildman–Crippen LogP) is 4.08. The van der Waals surface area contributed by atoms with Crippen LogP contribution in [0, 0.1) is 5.82 Å². The van der Waals surface area contributed by atoms with E-state index in [1.54, 1.807) is 34.7 Å². The molecule has 1 aromatic heterocycles. The zero-order valence-electron chi connectivity index (χ0n) is 19.4. The van der Waals surface area contributed by atoms with Crippen LogP contribution >= 0.6 is 11.8 Å². The van der Waals surface area contributed by atoms with Gasteiger partial charge in [0.2, 0.25) is 0 Å². The lowest BCUT2D eigenvalue weighted by Gasteiger charge is -2.17. The number of hydrogen-bond acceptors (Lipinski definition) is 7. The van der Waals surface area contributed by atoms with Crippen LogP contribution < -0.4 is 4.90 Å². The Morgan fingerprint density at radius 3 is 2.72 bits per heavy atom. The summed E-state index contributed by atoms with van der Waals surface area (Å²) < 4.78 is 45.3. The van der Waals surface area contributed by atoms with Gasteiger partial charge in [-0.1, -0.05) is 41.6 Å². The summed E-state index contributed by atoms with van der Waals surface area (Å²) in [5, 5.41) is 8.36. The van der Waals surface area contributed by atoms with Crippen molar-refractivity contribution in [2.24, 2.45) is 0 Å². The van der Waals surface area contributed by atoms with Gasteiger partial charge in [0, 0.05) is 23.3 Å². The van der Waals surface area contributed by atoms with Crippen molar-refractivity contribution < 1.29 is 22.3 Å². The van der Waals surface area contributed by atoms with Crippen LogP contribution in [0.1, 0.15) is 23.2 Å². The van der Waals surface area contributed by atoms with Gasteiger partial charge in [0.15, 0.2) is 9.84 Å². The molecular weight excluding hydrogens is 503 g/mol. The number of benzene rings is 2. The first kappa shape index (κ1) is 24.5. The van der Waals surface area contributed by atoms with Gasteiger partial charge >= 0.3 is 6.09 Å². The lowest BCUT2D eigenvalue weighted by atomic mass is 10.0. The highest BCUT2D eigenvalue weighted by molar-refractivity contribution is 7.97. The van der Waals surface area contributed by atoms with E-state index in [0.717, 1.165) is 17.2 Å². The average molecular weight is 529 g/mol. The molecule has 0 aliphatic carbocycles. The summed E-state index contributed by atoms with van der Waals surface area (Å²) in [7, 11) is -3.09. The maximum Gasteiger partial charge on any atom is 0.414 e. The fourth-order valence-electron chi connectivity index (χ4n) is 4.23. The summed E-state index contributed by atoms with van der Waals surface area (Å²) in [6.45, 7) is 0.608. The third-order valence-corrected chi connectivity index (χ3v) is 8.63. The number of thioether (sulfide) groups is 1. The average Bonchev–Trinajstić information content (AvgIpc) is 3.46. The molecule has 3 heterocycles. The third-order valence-electron chi connectivity index (χ3n) is 6.09. The van der Waals surface area contributed by atoms with Crippen molar-refractivity contribution in [3.8, 4) is 0 Å². The maximum absolute atomic E-state index is 14.9. The van der Waals surface area contributed by atoms with Crippen LogP contribution in [-0.2, 0) is 32.6 Å². The molecule has 8 nitrogen and oxygen atoms in total. The van der Waals surface area contributed by atoms with Crippen molar-refractivity contribution in [2.45, 2.75) is 30.6 Å². The number of aromatic nitrogens is 3. The third kappa shape index (κ3) is 5.79. The Labute approximate surface area is 213 Å². The first-order chi connectivity index (χ1) is 17.4. The van der Waals surface area contributed by atoms with Crippen LogP contribution in [0.2, 0.25) is 0 Å². The van der Waals surface area contributed by atoms with Crippen LogP contribution in [0.3, 0.4) is 0 Å². The van der Waals surface area contributed by atoms with Crippen molar-refractivity contribution in [3.63, 3.8) is 0 Å². The van der Waals surface area contributed by atoms with E-state index in [-0.39, 0.29) is 24.5 Å². The maximum atomic E-state index is 14.9. The van der Waals surface area contributed by atoms with Gasteiger partial charge in [0.25, 0.3) is 0 Å². The van der Waals surface area contributed by atoms with E-state index in [1.165, 1.54) is 16.5 Å². The molecule has 0 radical (unpaired) electrons. The molecule has 5 rings (SSSR count). The van der Waals surface area contributed by atoms with Crippen LogP contribution in [0.4, 0.5) is 14.9 Å². The highest BCUT2D eigenvalue weighted by atomic mass is 32.2. The van der Waals surface area contributed by atoms with E-state index in [0.29, 0.717) is 23.4 Å². The number of anilines is 1. The lowest BCUT2D eigenvalue weighted by Crippen LogP contribution is -2.26. The number of sulfone groups is 1. The molecule has 1 amide bonds. The van der Waals surface area contributed by atoms with E-state index in [4.69, 9.17) is 4.74 Å². The molecule has 188 valence electrons. The molecule has 36 heavy (non-hydrogen) atoms. The van der Waals surface area contributed by atoms with Gasteiger partial charge in [-0.15, -0.1) is 5.10 Å². The topological polar surface area (TPSA) is 94.4 Å². The first-order valence-electron chi connectivity index (χ1n) is 11.5. The van der Waals surface area contributed by atoms with E-state index in [1.807, 2.05) is 24.4 Å². The van der Waals surface area contributed by atoms with E-state index in [9.17, 15) is 17.6 Å². The lowest BCUT2D eigenvalue weighted by molar-refractivity contribution is 0.129. The van der Waals surface area contributed by atoms with Gasteiger partial charge < -0.3 is 4.74 Å². The molecule has 1 unspecified atom stereocenters. The number of carbonyl (C=O) groups is 1.